The molecule has 0 radical (unpaired) electrons. The molecule has 1 fully saturated rings. The summed E-state index contributed by atoms with van der Waals surface area (Å²) in [6.45, 7) is 2.60. The highest BCUT2D eigenvalue weighted by Crippen LogP contribution is 2.43. The maximum atomic E-state index is 13.4. The second kappa shape index (κ2) is 8.35. The second-order valence-corrected chi connectivity index (χ2v) is 7.55. The lowest BCUT2D eigenvalue weighted by Gasteiger charge is -2.25. The van der Waals surface area contributed by atoms with Crippen molar-refractivity contribution in [3.63, 3.8) is 0 Å². The van der Waals surface area contributed by atoms with E-state index in [0.717, 1.165) is 22.2 Å². The van der Waals surface area contributed by atoms with Crippen molar-refractivity contribution in [2.45, 2.75) is 19.4 Å². The minimum atomic E-state index is -0.766. The minimum absolute atomic E-state index is 0.00174. The number of aromatic amines is 1. The molecule has 0 bridgehead atoms. The molecule has 1 atom stereocenters. The van der Waals surface area contributed by atoms with Crippen LogP contribution in [-0.4, -0.2) is 46.9 Å². The van der Waals surface area contributed by atoms with Crippen LogP contribution in [0.5, 0.6) is 0 Å². The largest absolute Gasteiger partial charge is 0.507 e. The topological polar surface area (TPSA) is 82.6 Å². The number of methoxy groups -OCH3 is 1. The number of aryl methyl sites for hydroxylation is 1. The van der Waals surface area contributed by atoms with Crippen LogP contribution in [0.2, 0.25) is 0 Å². The predicted octanol–water partition coefficient (Wildman–Crippen LogP) is 4.07. The zero-order valence-electron chi connectivity index (χ0n) is 17.3. The Morgan fingerprint density at radius 1 is 1.16 bits per heavy atom. The Hall–Kier alpha value is -3.45. The summed E-state index contributed by atoms with van der Waals surface area (Å²) in [6, 6.07) is 12.0. The van der Waals surface area contributed by atoms with Crippen LogP contribution in [-0.2, 0) is 14.3 Å². The van der Waals surface area contributed by atoms with Gasteiger partial charge in [0.25, 0.3) is 11.7 Å². The van der Waals surface area contributed by atoms with Gasteiger partial charge in [-0.25, -0.2) is 4.39 Å². The summed E-state index contributed by atoms with van der Waals surface area (Å²) >= 11 is 0. The van der Waals surface area contributed by atoms with Crippen LogP contribution < -0.4 is 0 Å². The van der Waals surface area contributed by atoms with Gasteiger partial charge in [0.2, 0.25) is 0 Å². The van der Waals surface area contributed by atoms with Gasteiger partial charge < -0.3 is 19.7 Å². The summed E-state index contributed by atoms with van der Waals surface area (Å²) in [5.74, 6) is -2.20. The minimum Gasteiger partial charge on any atom is -0.507 e. The van der Waals surface area contributed by atoms with Crippen LogP contribution >= 0.6 is 0 Å². The number of benzene rings is 2. The molecule has 1 aromatic heterocycles. The van der Waals surface area contributed by atoms with E-state index in [1.807, 2.05) is 31.2 Å². The standard InChI is InChI=1S/C24H23FN2O4/c1-14-19(17-6-3-4-7-18(17)26-14)21-20(22(28)15-8-10-16(25)11-9-15)23(29)24(30)27(21)12-5-13-31-2/h3-4,6-11,21,26,28H,5,12-13H2,1-2H3/b22-20+. The van der Waals surface area contributed by atoms with Crippen LogP contribution in [0, 0.1) is 12.7 Å². The maximum Gasteiger partial charge on any atom is 0.295 e. The Morgan fingerprint density at radius 2 is 1.87 bits per heavy atom. The van der Waals surface area contributed by atoms with E-state index in [2.05, 4.69) is 4.98 Å². The van der Waals surface area contributed by atoms with Gasteiger partial charge in [-0.1, -0.05) is 18.2 Å². The van der Waals surface area contributed by atoms with Crippen molar-refractivity contribution in [3.05, 3.63) is 76.7 Å². The molecule has 1 aliphatic heterocycles. The fourth-order valence-electron chi connectivity index (χ4n) is 4.20. The third-order valence-electron chi connectivity index (χ3n) is 5.62. The van der Waals surface area contributed by atoms with Crippen LogP contribution in [0.25, 0.3) is 16.7 Å². The monoisotopic (exact) mass is 422 g/mol. The van der Waals surface area contributed by atoms with Gasteiger partial charge in [-0.05, 0) is 43.7 Å². The second-order valence-electron chi connectivity index (χ2n) is 7.55. The number of carbonyl (C=O) groups excluding carboxylic acids is 2. The van der Waals surface area contributed by atoms with Gasteiger partial charge in [0.15, 0.2) is 0 Å². The third-order valence-corrected chi connectivity index (χ3v) is 5.62. The zero-order chi connectivity index (χ0) is 22.1. The SMILES string of the molecule is COCCCN1C(=O)C(=O)/C(=C(/O)c2ccc(F)cc2)C1c1c(C)[nH]c2ccccc12. The van der Waals surface area contributed by atoms with Gasteiger partial charge in [-0.15, -0.1) is 0 Å². The Bertz CT molecular complexity index is 1180. The number of nitrogens with one attached hydrogen (secondary N) is 1. The fraction of sp³-hybridized carbons (Fsp3) is 0.250. The maximum absolute atomic E-state index is 13.4. The van der Waals surface area contributed by atoms with Gasteiger partial charge in [-0.2, -0.15) is 0 Å². The van der Waals surface area contributed by atoms with Crippen molar-refractivity contribution in [2.75, 3.05) is 20.3 Å². The van der Waals surface area contributed by atoms with Crippen LogP contribution in [0.15, 0.2) is 54.1 Å². The predicted molar refractivity (Wildman–Crippen MR) is 115 cm³/mol. The fourth-order valence-corrected chi connectivity index (χ4v) is 4.20. The number of ketones is 1. The van der Waals surface area contributed by atoms with E-state index in [1.54, 1.807) is 7.11 Å². The average molecular weight is 422 g/mol. The molecule has 31 heavy (non-hydrogen) atoms. The molecular formula is C24H23FN2O4. The number of carbonyl (C=O) groups is 2. The third kappa shape index (κ3) is 3.61. The first-order chi connectivity index (χ1) is 14.9. The first-order valence-electron chi connectivity index (χ1n) is 10.0. The molecule has 1 aliphatic rings. The highest BCUT2D eigenvalue weighted by molar-refractivity contribution is 6.46. The number of aromatic nitrogens is 1. The van der Waals surface area contributed by atoms with Crippen molar-refractivity contribution in [1.82, 2.24) is 9.88 Å². The number of H-pyrrole nitrogens is 1. The average Bonchev–Trinajstić information content (AvgIpc) is 3.21. The van der Waals surface area contributed by atoms with Crippen LogP contribution in [0.1, 0.15) is 29.3 Å². The lowest BCUT2D eigenvalue weighted by atomic mass is 9.93. The smallest absolute Gasteiger partial charge is 0.295 e. The van der Waals surface area contributed by atoms with E-state index in [4.69, 9.17) is 4.74 Å². The molecule has 1 saturated heterocycles. The number of para-hydroxylation sites is 1. The molecule has 1 unspecified atom stereocenters. The Morgan fingerprint density at radius 3 is 2.58 bits per heavy atom. The number of hydrogen-bond donors (Lipinski definition) is 2. The summed E-state index contributed by atoms with van der Waals surface area (Å²) < 4.78 is 18.5. The number of amides is 1. The molecule has 0 spiro atoms. The Balaban J connectivity index is 1.92. The Kier molecular flexibility index (Phi) is 5.61. The first-order valence-corrected chi connectivity index (χ1v) is 10.0. The summed E-state index contributed by atoms with van der Waals surface area (Å²) in [7, 11) is 1.57. The lowest BCUT2D eigenvalue weighted by molar-refractivity contribution is -0.140. The van der Waals surface area contributed by atoms with Gasteiger partial charge in [0, 0.05) is 48.0 Å². The molecule has 3 aromatic rings. The van der Waals surface area contributed by atoms with Gasteiger partial charge in [0.05, 0.1) is 11.6 Å². The molecule has 2 N–H and O–H groups in total. The lowest BCUT2D eigenvalue weighted by Crippen LogP contribution is -2.31. The molecule has 160 valence electrons. The summed E-state index contributed by atoms with van der Waals surface area (Å²) in [5, 5.41) is 11.9. The number of aliphatic hydroxyl groups is 1. The number of hydrogen-bond acceptors (Lipinski definition) is 4. The number of nitrogens with zero attached hydrogens (tertiary/aromatic N) is 1. The molecule has 6 nitrogen and oxygen atoms in total. The van der Waals surface area contributed by atoms with Crippen LogP contribution in [0.3, 0.4) is 0 Å². The van der Waals surface area contributed by atoms with Crippen molar-refractivity contribution in [1.29, 1.82) is 0 Å². The number of halogens is 1. The van der Waals surface area contributed by atoms with Crippen molar-refractivity contribution >= 4 is 28.4 Å². The van der Waals surface area contributed by atoms with Crippen molar-refractivity contribution < 1.29 is 23.8 Å². The number of ether oxygens (including phenoxy) is 1. The number of likely N-dealkylation sites (tertiary alicyclic amines) is 1. The summed E-state index contributed by atoms with van der Waals surface area (Å²) in [6.07, 6.45) is 0.540. The van der Waals surface area contributed by atoms with Gasteiger partial charge in [-0.3, -0.25) is 9.59 Å². The molecular weight excluding hydrogens is 399 g/mol. The molecule has 0 saturated carbocycles. The summed E-state index contributed by atoms with van der Waals surface area (Å²) in [4.78, 5) is 30.8. The first kappa shape index (κ1) is 20.8. The quantitative estimate of drug-likeness (QED) is 0.272. The van der Waals surface area contributed by atoms with E-state index in [9.17, 15) is 19.1 Å². The molecule has 4 rings (SSSR count). The normalized spacial score (nSPS) is 18.3. The van der Waals surface area contributed by atoms with Gasteiger partial charge >= 0.3 is 0 Å². The number of rotatable bonds is 6. The Labute approximate surface area is 178 Å². The van der Waals surface area contributed by atoms with Crippen molar-refractivity contribution in [2.24, 2.45) is 0 Å². The zero-order valence-corrected chi connectivity index (χ0v) is 17.3. The highest BCUT2D eigenvalue weighted by atomic mass is 19.1. The summed E-state index contributed by atoms with van der Waals surface area (Å²) in [5.41, 5.74) is 2.71. The number of aliphatic hydroxyl groups excluding tert-OH is 1. The molecule has 0 aliphatic carbocycles. The van der Waals surface area contributed by atoms with E-state index in [0.29, 0.717) is 19.6 Å². The molecule has 2 heterocycles. The number of fused-ring (bicyclic) bond motifs is 1. The van der Waals surface area contributed by atoms with E-state index in [-0.39, 0.29) is 16.9 Å². The van der Waals surface area contributed by atoms with E-state index in [1.165, 1.54) is 29.2 Å². The molecule has 1 amide bonds. The van der Waals surface area contributed by atoms with E-state index >= 15 is 0 Å². The highest BCUT2D eigenvalue weighted by Gasteiger charge is 2.47. The van der Waals surface area contributed by atoms with Crippen molar-refractivity contribution in [3.8, 4) is 0 Å². The van der Waals surface area contributed by atoms with Crippen LogP contribution in [0.4, 0.5) is 4.39 Å². The molecule has 2 aromatic carbocycles. The molecule has 7 heteroatoms. The number of Topliss-reactive ketones (excluding diaryl/α,β-unsaturated/α-hetero) is 1. The van der Waals surface area contributed by atoms with Gasteiger partial charge in [0.1, 0.15) is 11.6 Å². The van der Waals surface area contributed by atoms with E-state index < -0.39 is 23.5 Å².